The largest absolute Gasteiger partial charge is 0.462 e. The van der Waals surface area contributed by atoms with Crippen molar-refractivity contribution in [1.29, 1.82) is 0 Å². The first-order valence-corrected chi connectivity index (χ1v) is 1.95. The minimum absolute atomic E-state index is 0.648. The van der Waals surface area contributed by atoms with Crippen LogP contribution >= 0.6 is 0 Å². The van der Waals surface area contributed by atoms with E-state index in [4.69, 9.17) is 4.74 Å². The predicted molar refractivity (Wildman–Crippen MR) is 29.6 cm³/mol. The van der Waals surface area contributed by atoms with Gasteiger partial charge in [0.25, 0.3) is 0 Å². The third-order valence-corrected chi connectivity index (χ3v) is 0.509. The van der Waals surface area contributed by atoms with Crippen molar-refractivity contribution in [2.75, 3.05) is 0 Å². The third-order valence-electron chi connectivity index (χ3n) is 0.509. The Hall–Kier alpha value is -0.940. The monoisotopic (exact) mass is 96.1 g/mol. The van der Waals surface area contributed by atoms with Gasteiger partial charge in [-0.2, -0.15) is 0 Å². The van der Waals surface area contributed by atoms with Crippen molar-refractivity contribution in [2.45, 2.75) is 6.92 Å². The van der Waals surface area contributed by atoms with Gasteiger partial charge >= 0.3 is 0 Å². The van der Waals surface area contributed by atoms with E-state index in [9.17, 15) is 0 Å². The van der Waals surface area contributed by atoms with Gasteiger partial charge in [-0.05, 0) is 0 Å². The van der Waals surface area contributed by atoms with Gasteiger partial charge in [0.05, 0.1) is 6.26 Å². The van der Waals surface area contributed by atoms with Crippen molar-refractivity contribution in [2.24, 2.45) is 0 Å². The minimum atomic E-state index is 0.648. The Balaban J connectivity index is 3.58. The molecule has 0 atom stereocenters. The Kier molecular flexibility index (Phi) is 2.82. The molecule has 0 fully saturated rings. The molecular weight excluding hydrogens is 88.1 g/mol. The molecule has 1 nitrogen and oxygen atoms in total. The van der Waals surface area contributed by atoms with E-state index in [0.29, 0.717) is 5.76 Å². The van der Waals surface area contributed by atoms with Crippen LogP contribution in [0.3, 0.4) is 0 Å². The summed E-state index contributed by atoms with van der Waals surface area (Å²) < 4.78 is 4.70. The first-order chi connectivity index (χ1) is 3.31. The van der Waals surface area contributed by atoms with Crippen LogP contribution in [0, 0.1) is 0 Å². The van der Waals surface area contributed by atoms with Gasteiger partial charge in [-0.1, -0.05) is 18.9 Å². The average molecular weight is 96.1 g/mol. The van der Waals surface area contributed by atoms with E-state index >= 15 is 0 Å². The number of hydrogen-bond donors (Lipinski definition) is 0. The van der Waals surface area contributed by atoms with Crippen LogP contribution in [-0.2, 0) is 4.74 Å². The number of hydrogen-bond acceptors (Lipinski definition) is 1. The summed E-state index contributed by atoms with van der Waals surface area (Å²) in [6.45, 7) is 8.44. The Morgan fingerprint density at radius 3 is 2.57 bits per heavy atom. The van der Waals surface area contributed by atoms with E-state index in [2.05, 4.69) is 18.9 Å². The SMILES string of the molecule is C=C=C(C)OC=C. The Morgan fingerprint density at radius 1 is 1.86 bits per heavy atom. The molecule has 0 aromatic rings. The maximum Gasteiger partial charge on any atom is 0.141 e. The summed E-state index contributed by atoms with van der Waals surface area (Å²) in [5.74, 6) is 0.648. The van der Waals surface area contributed by atoms with Gasteiger partial charge in [-0.15, -0.1) is 0 Å². The summed E-state index contributed by atoms with van der Waals surface area (Å²) >= 11 is 0. The highest BCUT2D eigenvalue weighted by Crippen LogP contribution is 1.88. The van der Waals surface area contributed by atoms with Crippen molar-refractivity contribution in [3.05, 3.63) is 30.9 Å². The van der Waals surface area contributed by atoms with E-state index in [0.717, 1.165) is 0 Å². The highest BCUT2D eigenvalue weighted by Gasteiger charge is 1.73. The van der Waals surface area contributed by atoms with Gasteiger partial charge < -0.3 is 4.74 Å². The first-order valence-electron chi connectivity index (χ1n) is 1.95. The van der Waals surface area contributed by atoms with Crippen LogP contribution in [0.25, 0.3) is 0 Å². The highest BCUT2D eigenvalue weighted by molar-refractivity contribution is 4.84. The second-order valence-corrected chi connectivity index (χ2v) is 1.02. The van der Waals surface area contributed by atoms with Crippen LogP contribution in [0.2, 0.25) is 0 Å². The quantitative estimate of drug-likeness (QED) is 0.376. The number of rotatable bonds is 2. The van der Waals surface area contributed by atoms with Crippen LogP contribution in [-0.4, -0.2) is 0 Å². The van der Waals surface area contributed by atoms with Gasteiger partial charge in [0.2, 0.25) is 0 Å². The standard InChI is InChI=1S/C6H8O/c1-4-6(3)7-5-2/h5H,1-2H2,3H3. The second-order valence-electron chi connectivity index (χ2n) is 1.02. The molecule has 0 unspecified atom stereocenters. The van der Waals surface area contributed by atoms with Gasteiger partial charge in [-0.25, -0.2) is 0 Å². The fraction of sp³-hybridized carbons (Fsp3) is 0.167. The maximum absolute atomic E-state index is 4.70. The summed E-state index contributed by atoms with van der Waals surface area (Å²) in [6, 6.07) is 0. The minimum Gasteiger partial charge on any atom is -0.462 e. The van der Waals surface area contributed by atoms with Crippen LogP contribution < -0.4 is 0 Å². The molecule has 7 heavy (non-hydrogen) atoms. The molecule has 0 saturated heterocycles. The first kappa shape index (κ1) is 6.06. The number of allylic oxidation sites excluding steroid dienone is 1. The molecule has 0 heterocycles. The van der Waals surface area contributed by atoms with E-state index in [1.807, 2.05) is 0 Å². The Morgan fingerprint density at radius 2 is 2.43 bits per heavy atom. The fourth-order valence-corrected chi connectivity index (χ4v) is 0.167. The van der Waals surface area contributed by atoms with Gasteiger partial charge in [0.15, 0.2) is 0 Å². The second kappa shape index (κ2) is 3.26. The molecule has 1 heteroatoms. The van der Waals surface area contributed by atoms with Crippen LogP contribution in [0.5, 0.6) is 0 Å². The van der Waals surface area contributed by atoms with Crippen LogP contribution in [0.15, 0.2) is 30.9 Å². The lowest BCUT2D eigenvalue weighted by Gasteiger charge is -1.89. The summed E-state index contributed by atoms with van der Waals surface area (Å²) in [5, 5.41) is 0. The Bertz CT molecular complexity index is 107. The van der Waals surface area contributed by atoms with Crippen molar-refractivity contribution in [3.8, 4) is 0 Å². The zero-order chi connectivity index (χ0) is 5.70. The lowest BCUT2D eigenvalue weighted by molar-refractivity contribution is 0.356. The Labute approximate surface area is 43.6 Å². The van der Waals surface area contributed by atoms with Crippen molar-refractivity contribution >= 4 is 0 Å². The molecular formula is C6H8O. The summed E-state index contributed by atoms with van der Waals surface area (Å²) in [6.07, 6.45) is 1.34. The predicted octanol–water partition coefficient (Wildman–Crippen LogP) is 1.84. The fourth-order valence-electron chi connectivity index (χ4n) is 0.167. The molecule has 0 aromatic heterocycles. The van der Waals surface area contributed by atoms with E-state index < -0.39 is 0 Å². The van der Waals surface area contributed by atoms with E-state index in [-0.39, 0.29) is 0 Å². The lowest BCUT2D eigenvalue weighted by atomic mass is 10.6. The topological polar surface area (TPSA) is 9.23 Å². The normalized spacial score (nSPS) is 6.43. The van der Waals surface area contributed by atoms with Crippen molar-refractivity contribution in [3.63, 3.8) is 0 Å². The van der Waals surface area contributed by atoms with Gasteiger partial charge in [-0.3, -0.25) is 0 Å². The molecule has 0 amide bonds. The highest BCUT2D eigenvalue weighted by atomic mass is 16.5. The molecule has 0 radical (unpaired) electrons. The molecule has 0 aromatic carbocycles. The van der Waals surface area contributed by atoms with Crippen LogP contribution in [0.4, 0.5) is 0 Å². The molecule has 0 N–H and O–H groups in total. The third kappa shape index (κ3) is 2.87. The summed E-state index contributed by atoms with van der Waals surface area (Å²) in [5.41, 5.74) is 2.54. The molecule has 0 saturated carbocycles. The molecule has 38 valence electrons. The molecule has 0 aliphatic heterocycles. The van der Waals surface area contributed by atoms with E-state index in [1.54, 1.807) is 6.92 Å². The van der Waals surface area contributed by atoms with Gasteiger partial charge in [0, 0.05) is 6.92 Å². The lowest BCUT2D eigenvalue weighted by Crippen LogP contribution is -1.70. The van der Waals surface area contributed by atoms with Crippen molar-refractivity contribution in [1.82, 2.24) is 0 Å². The maximum atomic E-state index is 4.70. The van der Waals surface area contributed by atoms with E-state index in [1.165, 1.54) is 6.26 Å². The average Bonchev–Trinajstić information content (AvgIpc) is 1.68. The number of ether oxygens (including phenoxy) is 1. The smallest absolute Gasteiger partial charge is 0.141 e. The zero-order valence-electron chi connectivity index (χ0n) is 4.40. The summed E-state index contributed by atoms with van der Waals surface area (Å²) in [4.78, 5) is 0. The molecule has 0 spiro atoms. The zero-order valence-corrected chi connectivity index (χ0v) is 4.40. The van der Waals surface area contributed by atoms with Crippen molar-refractivity contribution < 1.29 is 4.74 Å². The van der Waals surface area contributed by atoms with Gasteiger partial charge in [0.1, 0.15) is 5.76 Å². The molecule has 0 bridgehead atoms. The van der Waals surface area contributed by atoms with Crippen LogP contribution in [0.1, 0.15) is 6.92 Å². The molecule has 0 aliphatic carbocycles. The summed E-state index contributed by atoms with van der Waals surface area (Å²) in [7, 11) is 0. The molecule has 0 rings (SSSR count). The molecule has 0 aliphatic rings.